The zero-order valence-corrected chi connectivity index (χ0v) is 21.5. The van der Waals surface area contributed by atoms with Gasteiger partial charge in [-0.25, -0.2) is 0 Å². The van der Waals surface area contributed by atoms with Crippen LogP contribution < -0.4 is 16.8 Å². The van der Waals surface area contributed by atoms with Crippen LogP contribution in [0.1, 0.15) is 58.1 Å². The molecule has 35 heavy (non-hydrogen) atoms. The van der Waals surface area contributed by atoms with Gasteiger partial charge in [0.2, 0.25) is 5.91 Å². The molecule has 5 N–H and O–H groups in total. The zero-order chi connectivity index (χ0) is 25.8. The molecule has 0 saturated carbocycles. The summed E-state index contributed by atoms with van der Waals surface area (Å²) in [6.45, 7) is 11.1. The number of hydrogen-bond acceptors (Lipinski definition) is 8. The number of carbonyl (C=O) groups is 3. The van der Waals surface area contributed by atoms with E-state index in [4.69, 9.17) is 16.2 Å². The lowest BCUT2D eigenvalue weighted by molar-refractivity contribution is -0.127. The second-order valence-corrected chi connectivity index (χ2v) is 10.4. The standard InChI is InChI=1S/C24H34N6O4S/c1-15-5-7-16(8-6-15)19(22(32)27-24(2,3)4)30(10-9-29-11-13-34-14-12-29)23(33)20-17(25)18(21(26)31)28-35-20/h5-8,19H,9-14,25H2,1-4H3,(H2,26,31)(H,27,32)/t19-/m1/s1. The van der Waals surface area contributed by atoms with Crippen molar-refractivity contribution in [2.75, 3.05) is 45.1 Å². The number of primary amides is 1. The molecule has 1 aromatic heterocycles. The number of anilines is 1. The smallest absolute Gasteiger partial charge is 0.270 e. The normalized spacial score (nSPS) is 15.4. The molecule has 0 radical (unpaired) electrons. The van der Waals surface area contributed by atoms with Gasteiger partial charge < -0.3 is 26.4 Å². The Morgan fingerprint density at radius 3 is 2.37 bits per heavy atom. The molecule has 0 aliphatic carbocycles. The molecule has 0 spiro atoms. The van der Waals surface area contributed by atoms with Crippen LogP contribution >= 0.6 is 11.5 Å². The highest BCUT2D eigenvalue weighted by Gasteiger charge is 2.36. The van der Waals surface area contributed by atoms with Crippen LogP contribution in [0.4, 0.5) is 5.69 Å². The van der Waals surface area contributed by atoms with Gasteiger partial charge >= 0.3 is 0 Å². The van der Waals surface area contributed by atoms with Gasteiger partial charge in [0.15, 0.2) is 5.69 Å². The first-order chi connectivity index (χ1) is 16.5. The Balaban J connectivity index is 2.03. The molecule has 10 nitrogen and oxygen atoms in total. The van der Waals surface area contributed by atoms with Crippen molar-refractivity contribution >= 4 is 34.9 Å². The van der Waals surface area contributed by atoms with Crippen LogP contribution in [0.15, 0.2) is 24.3 Å². The largest absolute Gasteiger partial charge is 0.395 e. The van der Waals surface area contributed by atoms with E-state index < -0.39 is 23.4 Å². The van der Waals surface area contributed by atoms with Crippen molar-refractivity contribution in [1.29, 1.82) is 0 Å². The van der Waals surface area contributed by atoms with Crippen molar-refractivity contribution < 1.29 is 19.1 Å². The number of nitrogen functional groups attached to an aromatic ring is 1. The highest BCUT2D eigenvalue weighted by molar-refractivity contribution is 7.09. The summed E-state index contributed by atoms with van der Waals surface area (Å²) < 4.78 is 9.42. The van der Waals surface area contributed by atoms with Gasteiger partial charge in [0.1, 0.15) is 10.9 Å². The lowest BCUT2D eigenvalue weighted by Crippen LogP contribution is -2.51. The molecule has 1 fully saturated rings. The quantitative estimate of drug-likeness (QED) is 0.497. The molecule has 1 aromatic carbocycles. The number of nitrogens with two attached hydrogens (primary N) is 2. The maximum atomic E-state index is 13.9. The van der Waals surface area contributed by atoms with E-state index in [1.807, 2.05) is 52.0 Å². The van der Waals surface area contributed by atoms with Gasteiger partial charge in [-0.05, 0) is 44.8 Å². The van der Waals surface area contributed by atoms with Gasteiger partial charge in [0.25, 0.3) is 11.8 Å². The van der Waals surface area contributed by atoms with E-state index in [1.165, 1.54) is 4.90 Å². The van der Waals surface area contributed by atoms with Gasteiger partial charge in [-0.1, -0.05) is 29.8 Å². The first kappa shape index (κ1) is 26.6. The number of rotatable bonds is 8. The number of amides is 3. The third-order valence-corrected chi connectivity index (χ3v) is 6.48. The van der Waals surface area contributed by atoms with Crippen molar-refractivity contribution in [2.45, 2.75) is 39.3 Å². The average Bonchev–Trinajstić information content (AvgIpc) is 3.18. The molecular formula is C24H34N6O4S. The number of aryl methyl sites for hydroxylation is 1. The molecule has 1 saturated heterocycles. The Bertz CT molecular complexity index is 1060. The Morgan fingerprint density at radius 2 is 1.83 bits per heavy atom. The summed E-state index contributed by atoms with van der Waals surface area (Å²) in [5.74, 6) is -1.59. The maximum absolute atomic E-state index is 13.9. The summed E-state index contributed by atoms with van der Waals surface area (Å²) in [6.07, 6.45) is 0. The average molecular weight is 503 g/mol. The number of hydrogen-bond donors (Lipinski definition) is 3. The van der Waals surface area contributed by atoms with E-state index in [2.05, 4.69) is 14.6 Å². The monoisotopic (exact) mass is 502 g/mol. The molecule has 190 valence electrons. The predicted octanol–water partition coefficient (Wildman–Crippen LogP) is 1.56. The van der Waals surface area contributed by atoms with E-state index in [0.29, 0.717) is 25.3 Å². The molecule has 3 rings (SSSR count). The second kappa shape index (κ2) is 11.1. The van der Waals surface area contributed by atoms with Crippen molar-refractivity contribution in [1.82, 2.24) is 19.5 Å². The molecule has 1 atom stereocenters. The van der Waals surface area contributed by atoms with Gasteiger partial charge in [0.05, 0.1) is 18.9 Å². The van der Waals surface area contributed by atoms with Gasteiger partial charge in [-0.15, -0.1) is 0 Å². The number of morpholine rings is 1. The van der Waals surface area contributed by atoms with Crippen LogP contribution in [0.3, 0.4) is 0 Å². The summed E-state index contributed by atoms with van der Waals surface area (Å²) in [6, 6.07) is 6.60. The first-order valence-electron chi connectivity index (χ1n) is 11.5. The van der Waals surface area contributed by atoms with E-state index in [-0.39, 0.29) is 28.7 Å². The van der Waals surface area contributed by atoms with E-state index in [9.17, 15) is 14.4 Å². The summed E-state index contributed by atoms with van der Waals surface area (Å²) in [5, 5.41) is 3.01. The topological polar surface area (TPSA) is 144 Å². The second-order valence-electron chi connectivity index (χ2n) is 9.64. The summed E-state index contributed by atoms with van der Waals surface area (Å²) in [7, 11) is 0. The third kappa shape index (κ3) is 6.77. The molecule has 1 aliphatic heterocycles. The number of nitrogens with one attached hydrogen (secondary N) is 1. The fourth-order valence-corrected chi connectivity index (χ4v) is 4.60. The van der Waals surface area contributed by atoms with Crippen LogP contribution in [0.25, 0.3) is 0 Å². The van der Waals surface area contributed by atoms with Crippen LogP contribution in [0.2, 0.25) is 0 Å². The molecular weight excluding hydrogens is 468 g/mol. The van der Waals surface area contributed by atoms with Crippen LogP contribution in [0, 0.1) is 6.92 Å². The molecule has 3 amide bonds. The van der Waals surface area contributed by atoms with Crippen LogP contribution in [-0.4, -0.2) is 76.8 Å². The predicted molar refractivity (Wildman–Crippen MR) is 135 cm³/mol. The zero-order valence-electron chi connectivity index (χ0n) is 20.7. The minimum atomic E-state index is -0.915. The maximum Gasteiger partial charge on any atom is 0.270 e. The highest BCUT2D eigenvalue weighted by atomic mass is 32.1. The highest BCUT2D eigenvalue weighted by Crippen LogP contribution is 2.29. The molecule has 0 unspecified atom stereocenters. The number of benzene rings is 1. The summed E-state index contributed by atoms with van der Waals surface area (Å²) in [5.41, 5.74) is 12.4. The Morgan fingerprint density at radius 1 is 1.20 bits per heavy atom. The molecule has 1 aliphatic rings. The van der Waals surface area contributed by atoms with Gasteiger partial charge in [-0.3, -0.25) is 19.3 Å². The lowest BCUT2D eigenvalue weighted by atomic mass is 10.00. The van der Waals surface area contributed by atoms with Crippen LogP contribution in [-0.2, 0) is 9.53 Å². The Hall–Kier alpha value is -3.02. The number of aromatic nitrogens is 1. The third-order valence-electron chi connectivity index (χ3n) is 5.63. The van der Waals surface area contributed by atoms with E-state index >= 15 is 0 Å². The lowest BCUT2D eigenvalue weighted by Gasteiger charge is -2.35. The number of ether oxygens (including phenoxy) is 1. The minimum absolute atomic E-state index is 0.0669. The number of carbonyl (C=O) groups excluding carboxylic acids is 3. The molecule has 11 heteroatoms. The van der Waals surface area contributed by atoms with Crippen molar-refractivity contribution in [2.24, 2.45) is 5.73 Å². The minimum Gasteiger partial charge on any atom is -0.395 e. The van der Waals surface area contributed by atoms with Gasteiger partial charge in [-0.2, -0.15) is 4.37 Å². The first-order valence-corrected chi connectivity index (χ1v) is 12.3. The van der Waals surface area contributed by atoms with Crippen molar-refractivity contribution in [3.05, 3.63) is 46.0 Å². The fraction of sp³-hybridized carbons (Fsp3) is 0.500. The SMILES string of the molecule is Cc1ccc([C@H](C(=O)NC(C)(C)C)N(CCN2CCOCC2)C(=O)c2snc(C(N)=O)c2N)cc1. The van der Waals surface area contributed by atoms with Crippen molar-refractivity contribution in [3.8, 4) is 0 Å². The van der Waals surface area contributed by atoms with Crippen molar-refractivity contribution in [3.63, 3.8) is 0 Å². The summed E-state index contributed by atoms with van der Waals surface area (Å²) >= 11 is 0.810. The Labute approximate surface area is 209 Å². The Kier molecular flexibility index (Phi) is 8.47. The fourth-order valence-electron chi connectivity index (χ4n) is 3.84. The number of nitrogens with zero attached hydrogens (tertiary/aromatic N) is 3. The van der Waals surface area contributed by atoms with E-state index in [1.54, 1.807) is 0 Å². The summed E-state index contributed by atoms with van der Waals surface area (Å²) in [4.78, 5) is 43.0. The molecule has 0 bridgehead atoms. The van der Waals surface area contributed by atoms with E-state index in [0.717, 1.165) is 30.2 Å². The van der Waals surface area contributed by atoms with Gasteiger partial charge in [0, 0.05) is 31.7 Å². The molecule has 2 heterocycles. The molecule has 2 aromatic rings. The van der Waals surface area contributed by atoms with Crippen LogP contribution in [0.5, 0.6) is 0 Å².